The Bertz CT molecular complexity index is 542. The second kappa shape index (κ2) is 4.57. The average molecular weight is 278 g/mol. The number of piperidine rings is 1. The molecule has 2 aliphatic rings. The molecule has 1 aliphatic heterocycles. The first-order valence-corrected chi connectivity index (χ1v) is 6.97. The molecule has 0 spiro atoms. The number of nitro groups is 1. The largest absolute Gasteiger partial charge is 0.342 e. The lowest BCUT2D eigenvalue weighted by Crippen LogP contribution is -2.42. The fraction of sp³-hybridized carbons (Fsp3) is 0.692. The van der Waals surface area contributed by atoms with Gasteiger partial charge in [-0.2, -0.15) is 5.10 Å². The predicted molar refractivity (Wildman–Crippen MR) is 71.1 cm³/mol. The summed E-state index contributed by atoms with van der Waals surface area (Å²) in [6.07, 6.45) is 6.36. The van der Waals surface area contributed by atoms with E-state index >= 15 is 0 Å². The van der Waals surface area contributed by atoms with Gasteiger partial charge in [0.1, 0.15) is 12.4 Å². The Balaban J connectivity index is 1.60. The lowest BCUT2D eigenvalue weighted by molar-refractivity contribution is -0.385. The molecule has 108 valence electrons. The molecule has 0 unspecified atom stereocenters. The summed E-state index contributed by atoms with van der Waals surface area (Å²) in [7, 11) is 0. The normalized spacial score (nSPS) is 21.8. The molecule has 0 atom stereocenters. The molecule has 3 rings (SSSR count). The lowest BCUT2D eigenvalue weighted by atomic mass is 10.0. The standard InChI is InChI=1S/C13H18N4O3/c1-13(4-5-13)12(18)15-6-2-10(3-7-15)16-9-11(8-14-16)17(19)20/h8-10H,2-7H2,1H3. The summed E-state index contributed by atoms with van der Waals surface area (Å²) in [5.74, 6) is 0.266. The minimum absolute atomic E-state index is 0.0222. The van der Waals surface area contributed by atoms with Gasteiger partial charge >= 0.3 is 5.69 Å². The minimum atomic E-state index is -0.434. The second-order valence-corrected chi connectivity index (χ2v) is 6.02. The van der Waals surface area contributed by atoms with Crippen LogP contribution in [0.3, 0.4) is 0 Å². The first-order valence-electron chi connectivity index (χ1n) is 6.97. The van der Waals surface area contributed by atoms with Crippen molar-refractivity contribution >= 4 is 11.6 Å². The Morgan fingerprint density at radius 2 is 2.10 bits per heavy atom. The summed E-state index contributed by atoms with van der Waals surface area (Å²) >= 11 is 0. The monoisotopic (exact) mass is 278 g/mol. The molecule has 0 bridgehead atoms. The zero-order valence-corrected chi connectivity index (χ0v) is 11.5. The third kappa shape index (κ3) is 2.28. The first kappa shape index (κ1) is 13.1. The topological polar surface area (TPSA) is 81.3 Å². The van der Waals surface area contributed by atoms with E-state index in [2.05, 4.69) is 5.10 Å². The molecule has 2 fully saturated rings. The fourth-order valence-electron chi connectivity index (χ4n) is 2.74. The van der Waals surface area contributed by atoms with Crippen molar-refractivity contribution in [1.82, 2.24) is 14.7 Å². The second-order valence-electron chi connectivity index (χ2n) is 6.02. The SMILES string of the molecule is CC1(C(=O)N2CCC(n3cc([N+](=O)[O-])cn3)CC2)CC1. The molecule has 7 nitrogen and oxygen atoms in total. The van der Waals surface area contributed by atoms with Crippen LogP contribution in [-0.2, 0) is 4.79 Å². The summed E-state index contributed by atoms with van der Waals surface area (Å²) < 4.78 is 1.67. The number of hydrogen-bond acceptors (Lipinski definition) is 4. The van der Waals surface area contributed by atoms with Crippen LogP contribution < -0.4 is 0 Å². The Labute approximate surface area is 116 Å². The molecule has 2 heterocycles. The zero-order chi connectivity index (χ0) is 14.3. The van der Waals surface area contributed by atoms with Gasteiger partial charge < -0.3 is 4.90 Å². The first-order chi connectivity index (χ1) is 9.49. The zero-order valence-electron chi connectivity index (χ0n) is 11.5. The maximum absolute atomic E-state index is 12.2. The Kier molecular flexibility index (Phi) is 2.99. The van der Waals surface area contributed by atoms with E-state index in [9.17, 15) is 14.9 Å². The van der Waals surface area contributed by atoms with Crippen LogP contribution in [0, 0.1) is 15.5 Å². The minimum Gasteiger partial charge on any atom is -0.342 e. The number of carbonyl (C=O) groups excluding carboxylic acids is 1. The van der Waals surface area contributed by atoms with Gasteiger partial charge in [-0.3, -0.25) is 19.6 Å². The van der Waals surface area contributed by atoms with E-state index in [-0.39, 0.29) is 23.1 Å². The predicted octanol–water partition coefficient (Wildman–Crippen LogP) is 1.75. The third-order valence-corrected chi connectivity index (χ3v) is 4.44. The van der Waals surface area contributed by atoms with E-state index < -0.39 is 4.92 Å². The van der Waals surface area contributed by atoms with Crippen molar-refractivity contribution in [2.75, 3.05) is 13.1 Å². The lowest BCUT2D eigenvalue weighted by Gasteiger charge is -2.33. The number of nitrogens with zero attached hydrogens (tertiary/aromatic N) is 4. The van der Waals surface area contributed by atoms with Crippen LogP contribution in [0.25, 0.3) is 0 Å². The van der Waals surface area contributed by atoms with E-state index in [0.29, 0.717) is 13.1 Å². The number of carbonyl (C=O) groups is 1. The van der Waals surface area contributed by atoms with Crippen molar-refractivity contribution < 1.29 is 9.72 Å². The van der Waals surface area contributed by atoms with Crippen LogP contribution in [-0.4, -0.2) is 38.6 Å². The average Bonchev–Trinajstić information content (AvgIpc) is 3.02. The van der Waals surface area contributed by atoms with Gasteiger partial charge in [0.2, 0.25) is 5.91 Å². The highest BCUT2D eigenvalue weighted by atomic mass is 16.6. The summed E-state index contributed by atoms with van der Waals surface area (Å²) in [6.45, 7) is 3.46. The molecule has 1 aromatic heterocycles. The van der Waals surface area contributed by atoms with E-state index in [1.54, 1.807) is 4.68 Å². The van der Waals surface area contributed by atoms with E-state index in [1.807, 2.05) is 11.8 Å². The summed E-state index contributed by atoms with van der Waals surface area (Å²) in [5.41, 5.74) is -0.0915. The van der Waals surface area contributed by atoms with Crippen LogP contribution in [0.15, 0.2) is 12.4 Å². The van der Waals surface area contributed by atoms with Crippen molar-refractivity contribution in [2.24, 2.45) is 5.41 Å². The van der Waals surface area contributed by atoms with Gasteiger partial charge in [0.25, 0.3) is 0 Å². The summed E-state index contributed by atoms with van der Waals surface area (Å²) in [4.78, 5) is 24.4. The highest BCUT2D eigenvalue weighted by Crippen LogP contribution is 2.47. The molecule has 0 aromatic carbocycles. The molecule has 1 saturated carbocycles. The van der Waals surface area contributed by atoms with Gasteiger partial charge in [0, 0.05) is 18.5 Å². The van der Waals surface area contributed by atoms with Gasteiger partial charge in [-0.25, -0.2) is 0 Å². The molecule has 20 heavy (non-hydrogen) atoms. The highest BCUT2D eigenvalue weighted by Gasteiger charge is 2.47. The smallest absolute Gasteiger partial charge is 0.307 e. The number of aromatic nitrogens is 2. The molecule has 7 heteroatoms. The fourth-order valence-corrected chi connectivity index (χ4v) is 2.74. The quantitative estimate of drug-likeness (QED) is 0.623. The van der Waals surface area contributed by atoms with Gasteiger partial charge in [-0.05, 0) is 25.7 Å². The van der Waals surface area contributed by atoms with E-state index in [0.717, 1.165) is 25.7 Å². The Hall–Kier alpha value is -1.92. The summed E-state index contributed by atoms with van der Waals surface area (Å²) in [6, 6.07) is 0.153. The van der Waals surface area contributed by atoms with Crippen molar-refractivity contribution in [2.45, 2.75) is 38.6 Å². The molecule has 0 N–H and O–H groups in total. The molecule has 0 radical (unpaired) electrons. The van der Waals surface area contributed by atoms with Crippen LogP contribution >= 0.6 is 0 Å². The van der Waals surface area contributed by atoms with Crippen molar-refractivity contribution in [3.8, 4) is 0 Å². The van der Waals surface area contributed by atoms with Crippen LogP contribution in [0.4, 0.5) is 5.69 Å². The van der Waals surface area contributed by atoms with Crippen molar-refractivity contribution in [3.05, 3.63) is 22.5 Å². The van der Waals surface area contributed by atoms with E-state index in [4.69, 9.17) is 0 Å². The molecule has 1 saturated heterocycles. The van der Waals surface area contributed by atoms with Crippen LogP contribution in [0.5, 0.6) is 0 Å². The van der Waals surface area contributed by atoms with Gasteiger partial charge in [-0.15, -0.1) is 0 Å². The Morgan fingerprint density at radius 1 is 1.45 bits per heavy atom. The molecule has 1 amide bonds. The van der Waals surface area contributed by atoms with Gasteiger partial charge in [0.05, 0.1) is 11.0 Å². The summed E-state index contributed by atoms with van der Waals surface area (Å²) in [5, 5.41) is 14.7. The van der Waals surface area contributed by atoms with Gasteiger partial charge in [-0.1, -0.05) is 6.92 Å². The number of rotatable bonds is 3. The third-order valence-electron chi connectivity index (χ3n) is 4.44. The molecule has 1 aromatic rings. The molecule has 1 aliphatic carbocycles. The van der Waals surface area contributed by atoms with Gasteiger partial charge in [0.15, 0.2) is 0 Å². The number of amides is 1. The number of hydrogen-bond donors (Lipinski definition) is 0. The van der Waals surface area contributed by atoms with Crippen molar-refractivity contribution in [3.63, 3.8) is 0 Å². The maximum atomic E-state index is 12.2. The van der Waals surface area contributed by atoms with Crippen LogP contribution in [0.2, 0.25) is 0 Å². The van der Waals surface area contributed by atoms with Crippen LogP contribution in [0.1, 0.15) is 38.6 Å². The van der Waals surface area contributed by atoms with Crippen molar-refractivity contribution in [1.29, 1.82) is 0 Å². The Morgan fingerprint density at radius 3 is 2.60 bits per heavy atom. The van der Waals surface area contributed by atoms with E-state index in [1.165, 1.54) is 12.4 Å². The maximum Gasteiger partial charge on any atom is 0.307 e. The molecular formula is C13H18N4O3. The highest BCUT2D eigenvalue weighted by molar-refractivity contribution is 5.84. The number of likely N-dealkylation sites (tertiary alicyclic amines) is 1. The molecular weight excluding hydrogens is 260 g/mol.